The zero-order valence-electron chi connectivity index (χ0n) is 33.3. The van der Waals surface area contributed by atoms with Gasteiger partial charge in [-0.3, -0.25) is 53.1 Å². The van der Waals surface area contributed by atoms with Crippen LogP contribution in [0, 0.1) is 5.92 Å². The lowest BCUT2D eigenvalue weighted by Gasteiger charge is -2.29. The van der Waals surface area contributed by atoms with Crippen LogP contribution in [0.2, 0.25) is 0 Å². The Balaban J connectivity index is 6.52. The van der Waals surface area contributed by atoms with Crippen molar-refractivity contribution < 1.29 is 63.6 Å². The van der Waals surface area contributed by atoms with Crippen LogP contribution in [0.5, 0.6) is 0 Å². The molecule has 0 unspecified atom stereocenters. The van der Waals surface area contributed by atoms with Gasteiger partial charge in [-0.15, -0.1) is 0 Å². The number of hydrogen-bond acceptors (Lipinski definition) is 13. The molecule has 0 aromatic rings. The maximum Gasteiger partial charge on any atom is 0.325 e. The Kier molecular flexibility index (Phi) is 23.7. The predicted octanol–water partition coefficient (Wildman–Crippen LogP) is -6.19. The maximum atomic E-state index is 13.8. The Morgan fingerprint density at radius 1 is 0.542 bits per heavy atom. The van der Waals surface area contributed by atoms with Crippen LogP contribution in [0.4, 0.5) is 0 Å². The summed E-state index contributed by atoms with van der Waals surface area (Å²) in [6.07, 6.45) is -3.63. The normalized spacial score (nSPS) is 14.9. The number of nitrogens with zero attached hydrogens (tertiary/aromatic N) is 2. The molecular formula is C33H59N13O13. The molecular weight excluding hydrogens is 786 g/mol. The van der Waals surface area contributed by atoms with E-state index in [2.05, 4.69) is 41.9 Å². The van der Waals surface area contributed by atoms with Crippen molar-refractivity contribution in [2.45, 2.75) is 121 Å². The first-order valence-electron chi connectivity index (χ1n) is 18.4. The highest BCUT2D eigenvalue weighted by Crippen LogP contribution is 2.10. The van der Waals surface area contributed by atoms with Gasteiger partial charge in [0.1, 0.15) is 36.3 Å². The van der Waals surface area contributed by atoms with E-state index in [1.54, 1.807) is 13.8 Å². The summed E-state index contributed by atoms with van der Waals surface area (Å²) in [5.74, 6) is -11.4. The van der Waals surface area contributed by atoms with Crippen LogP contribution in [0.25, 0.3) is 0 Å². The van der Waals surface area contributed by atoms with Gasteiger partial charge in [0, 0.05) is 19.5 Å². The Labute approximate surface area is 339 Å². The molecule has 0 aliphatic carbocycles. The molecule has 0 radical (unpaired) electrons. The van der Waals surface area contributed by atoms with Gasteiger partial charge in [0.2, 0.25) is 35.4 Å². The third-order valence-corrected chi connectivity index (χ3v) is 8.21. The van der Waals surface area contributed by atoms with E-state index in [1.807, 2.05) is 0 Å². The van der Waals surface area contributed by atoms with Crippen molar-refractivity contribution in [3.63, 3.8) is 0 Å². The monoisotopic (exact) mass is 845 g/mol. The molecule has 0 saturated carbocycles. The van der Waals surface area contributed by atoms with E-state index >= 15 is 0 Å². The van der Waals surface area contributed by atoms with Gasteiger partial charge in [-0.25, -0.2) is 0 Å². The number of nitrogens with one attached hydrogen (secondary N) is 6. The van der Waals surface area contributed by atoms with E-state index in [9.17, 15) is 53.4 Å². The van der Waals surface area contributed by atoms with Crippen molar-refractivity contribution in [1.29, 1.82) is 0 Å². The van der Waals surface area contributed by atoms with Gasteiger partial charge in [0.25, 0.3) is 0 Å². The number of carbonyl (C=O) groups is 9. The molecule has 0 aromatic carbocycles. The second kappa shape index (κ2) is 26.6. The zero-order chi connectivity index (χ0) is 45.6. The van der Waals surface area contributed by atoms with Crippen molar-refractivity contribution in [2.75, 3.05) is 13.1 Å². The number of carbonyl (C=O) groups excluding carboxylic acids is 6. The first kappa shape index (κ1) is 52.7. The second-order valence-electron chi connectivity index (χ2n) is 13.7. The fourth-order valence-corrected chi connectivity index (χ4v) is 4.99. The molecule has 20 N–H and O–H groups in total. The summed E-state index contributed by atoms with van der Waals surface area (Å²) in [7, 11) is 0. The smallest absolute Gasteiger partial charge is 0.325 e. The molecule has 334 valence electrons. The summed E-state index contributed by atoms with van der Waals surface area (Å²) in [5, 5.41) is 51.7. The summed E-state index contributed by atoms with van der Waals surface area (Å²) in [6, 6.07) is -10.6. The summed E-state index contributed by atoms with van der Waals surface area (Å²) in [4.78, 5) is 121. The lowest BCUT2D eigenvalue weighted by Crippen LogP contribution is -2.61. The van der Waals surface area contributed by atoms with Gasteiger partial charge in [-0.05, 0) is 51.9 Å². The molecule has 59 heavy (non-hydrogen) atoms. The molecule has 0 spiro atoms. The number of amides is 6. The highest BCUT2D eigenvalue weighted by Gasteiger charge is 2.35. The lowest BCUT2D eigenvalue weighted by molar-refractivity contribution is -0.142. The van der Waals surface area contributed by atoms with E-state index in [0.29, 0.717) is 0 Å². The number of rotatable bonds is 28. The Morgan fingerprint density at radius 3 is 1.36 bits per heavy atom. The molecule has 26 heteroatoms. The van der Waals surface area contributed by atoms with Crippen LogP contribution in [-0.4, -0.2) is 147 Å². The van der Waals surface area contributed by atoms with E-state index in [-0.39, 0.29) is 50.7 Å². The highest BCUT2D eigenvalue weighted by molar-refractivity contribution is 5.97. The number of aliphatic imine (C=N–C) groups is 2. The average Bonchev–Trinajstić information content (AvgIpc) is 3.12. The molecule has 26 nitrogen and oxygen atoms in total. The van der Waals surface area contributed by atoms with Crippen LogP contribution in [0.1, 0.15) is 72.6 Å². The van der Waals surface area contributed by atoms with E-state index in [0.717, 1.165) is 13.8 Å². The van der Waals surface area contributed by atoms with E-state index in [4.69, 9.17) is 38.9 Å². The summed E-state index contributed by atoms with van der Waals surface area (Å²) < 4.78 is 0. The van der Waals surface area contributed by atoms with Crippen LogP contribution >= 0.6 is 0 Å². The van der Waals surface area contributed by atoms with Gasteiger partial charge in [0.15, 0.2) is 11.9 Å². The van der Waals surface area contributed by atoms with Crippen molar-refractivity contribution in [2.24, 2.45) is 44.6 Å². The molecule has 0 fully saturated rings. The average molecular weight is 846 g/mol. The molecule has 0 aliphatic rings. The molecule has 0 aromatic heterocycles. The molecule has 0 aliphatic heterocycles. The second-order valence-corrected chi connectivity index (χ2v) is 13.7. The van der Waals surface area contributed by atoms with Crippen molar-refractivity contribution in [3.8, 4) is 0 Å². The van der Waals surface area contributed by atoms with Crippen LogP contribution in [0.15, 0.2) is 9.98 Å². The Bertz CT molecular complexity index is 1550. The van der Waals surface area contributed by atoms with Crippen LogP contribution < -0.4 is 60.6 Å². The molecule has 6 amide bonds. The first-order valence-corrected chi connectivity index (χ1v) is 18.4. The zero-order valence-corrected chi connectivity index (χ0v) is 33.3. The van der Waals surface area contributed by atoms with Gasteiger partial charge in [-0.2, -0.15) is 0 Å². The molecule has 8 atom stereocenters. The number of aliphatic hydroxyl groups excluding tert-OH is 1. The number of hydrogen-bond donors (Lipinski definition) is 15. The van der Waals surface area contributed by atoms with E-state index < -0.39 is 127 Å². The van der Waals surface area contributed by atoms with E-state index in [1.165, 1.54) is 0 Å². The number of nitrogens with two attached hydrogens (primary N) is 5. The maximum absolute atomic E-state index is 13.8. The Morgan fingerprint density at radius 2 is 0.949 bits per heavy atom. The number of carboxylic acids is 3. The van der Waals surface area contributed by atoms with Gasteiger partial charge >= 0.3 is 17.9 Å². The van der Waals surface area contributed by atoms with Gasteiger partial charge < -0.3 is 81.0 Å². The molecule has 0 bridgehead atoms. The van der Waals surface area contributed by atoms with Gasteiger partial charge in [0.05, 0.1) is 18.6 Å². The number of carboxylic acid groups (broad SMARTS) is 3. The third kappa shape index (κ3) is 21.7. The number of guanidine groups is 2. The number of aliphatic hydroxyl groups is 1. The molecule has 0 heterocycles. The minimum Gasteiger partial charge on any atom is -0.481 e. The minimum absolute atomic E-state index is 0.0273. The van der Waals surface area contributed by atoms with Crippen molar-refractivity contribution >= 4 is 65.3 Å². The predicted molar refractivity (Wildman–Crippen MR) is 208 cm³/mol. The Hall–Kier alpha value is -6.31. The lowest BCUT2D eigenvalue weighted by atomic mass is 10.0. The number of aliphatic carboxylic acids is 3. The fraction of sp³-hybridized carbons (Fsp3) is 0.667. The molecule has 0 saturated heterocycles. The van der Waals surface area contributed by atoms with Crippen molar-refractivity contribution in [3.05, 3.63) is 0 Å². The van der Waals surface area contributed by atoms with Crippen molar-refractivity contribution in [1.82, 2.24) is 31.9 Å². The summed E-state index contributed by atoms with van der Waals surface area (Å²) in [5.41, 5.74) is 27.1. The van der Waals surface area contributed by atoms with Crippen LogP contribution in [0.3, 0.4) is 0 Å². The SMILES string of the molecule is CC(C)[C@H](NC(=O)[C@H](CCCN=C(N)N)NC(=O)[C@@H](N)CC(=O)O)C(=O)N[C@@H](CCCN=C(N)N)C(=O)N[C@@H](CCC(=O)O)C(=O)N[C@H](C(=O)N[C@@H](C)C(=O)O)[C@@H](C)O. The highest BCUT2D eigenvalue weighted by atomic mass is 16.4. The topological polar surface area (TPSA) is 462 Å². The first-order chi connectivity index (χ1) is 27.4. The standard InChI is InChI=1S/C33H59N13O13/c1-14(2)23(45-27(54)19(8-6-12-40-33(37)38)42-25(52)17(34)13-22(50)51)29(56)44-18(7-5-11-39-32(35)36)26(53)43-20(9-10-21(48)49)28(55)46-24(16(4)47)30(57)41-15(3)31(58)59/h14-20,23-24,47H,5-13,34H2,1-4H3,(H,41,57)(H,42,52)(H,43,53)(H,44,56)(H,45,54)(H,46,55)(H,48,49)(H,50,51)(H,58,59)(H4,35,36,39)(H4,37,38,40)/t15-,16+,17-,18-,19-,20-,23-,24-/m0/s1. The minimum atomic E-state index is -1.74. The van der Waals surface area contributed by atoms with Crippen LogP contribution in [-0.2, 0) is 43.2 Å². The van der Waals surface area contributed by atoms with Gasteiger partial charge in [-0.1, -0.05) is 13.8 Å². The third-order valence-electron chi connectivity index (χ3n) is 8.21. The summed E-state index contributed by atoms with van der Waals surface area (Å²) in [6.45, 7) is 5.35. The molecule has 0 rings (SSSR count). The quantitative estimate of drug-likeness (QED) is 0.0198. The summed E-state index contributed by atoms with van der Waals surface area (Å²) >= 11 is 0. The fourth-order valence-electron chi connectivity index (χ4n) is 4.99. The largest absolute Gasteiger partial charge is 0.481 e.